The lowest BCUT2D eigenvalue weighted by Gasteiger charge is -2.20. The Bertz CT molecular complexity index is 291. The van der Waals surface area contributed by atoms with Crippen LogP contribution in [0, 0.1) is 6.92 Å². The topological polar surface area (TPSA) is 21.3 Å². The van der Waals surface area contributed by atoms with Crippen LogP contribution in [0.25, 0.3) is 0 Å². The fraction of sp³-hybridized carbons (Fsp3) is 0.571. The lowest BCUT2D eigenvalue weighted by atomic mass is 9.99. The summed E-state index contributed by atoms with van der Waals surface area (Å²) in [7, 11) is 1.76. The van der Waals surface area contributed by atoms with Crippen LogP contribution < -0.4 is 5.32 Å². The van der Waals surface area contributed by atoms with E-state index < -0.39 is 0 Å². The van der Waals surface area contributed by atoms with Gasteiger partial charge in [-0.3, -0.25) is 0 Å². The highest BCUT2D eigenvalue weighted by molar-refractivity contribution is 5.28. The van der Waals surface area contributed by atoms with Gasteiger partial charge in [0, 0.05) is 19.8 Å². The van der Waals surface area contributed by atoms with Crippen molar-refractivity contribution in [1.29, 1.82) is 0 Å². The van der Waals surface area contributed by atoms with E-state index in [1.54, 1.807) is 7.11 Å². The minimum atomic E-state index is 0.418. The summed E-state index contributed by atoms with van der Waals surface area (Å²) < 4.78 is 5.17. The normalized spacial score (nSPS) is 12.7. The molecule has 1 aromatic rings. The molecule has 1 unspecified atom stereocenters. The van der Waals surface area contributed by atoms with Crippen molar-refractivity contribution in [3.05, 3.63) is 35.4 Å². The molecule has 0 heterocycles. The van der Waals surface area contributed by atoms with Crippen molar-refractivity contribution in [2.75, 3.05) is 20.3 Å². The van der Waals surface area contributed by atoms with Gasteiger partial charge in [-0.2, -0.15) is 0 Å². The number of benzene rings is 1. The van der Waals surface area contributed by atoms with Crippen LogP contribution in [-0.2, 0) is 4.74 Å². The second-order valence-corrected chi connectivity index (χ2v) is 4.14. The van der Waals surface area contributed by atoms with E-state index in [0.29, 0.717) is 6.04 Å². The summed E-state index contributed by atoms with van der Waals surface area (Å²) in [5, 5.41) is 3.58. The summed E-state index contributed by atoms with van der Waals surface area (Å²) in [5.41, 5.74) is 2.75. The maximum atomic E-state index is 5.17. The third-order valence-electron chi connectivity index (χ3n) is 2.82. The third kappa shape index (κ3) is 3.95. The van der Waals surface area contributed by atoms with Gasteiger partial charge in [-0.25, -0.2) is 0 Å². The van der Waals surface area contributed by atoms with Gasteiger partial charge in [0.25, 0.3) is 0 Å². The minimum absolute atomic E-state index is 0.418. The Morgan fingerprint density at radius 3 is 2.69 bits per heavy atom. The number of hydrogen-bond acceptors (Lipinski definition) is 2. The van der Waals surface area contributed by atoms with Crippen molar-refractivity contribution < 1.29 is 4.74 Å². The molecule has 0 spiro atoms. The first kappa shape index (κ1) is 13.2. The molecule has 0 bridgehead atoms. The molecule has 0 amide bonds. The highest BCUT2D eigenvalue weighted by Gasteiger charge is 2.11. The smallest absolute Gasteiger partial charge is 0.0480 e. The second-order valence-electron chi connectivity index (χ2n) is 4.14. The van der Waals surface area contributed by atoms with Gasteiger partial charge < -0.3 is 10.1 Å². The van der Waals surface area contributed by atoms with Crippen molar-refractivity contribution in [1.82, 2.24) is 5.32 Å². The Balaban J connectivity index is 2.70. The predicted molar refractivity (Wildman–Crippen MR) is 68.7 cm³/mol. The second kappa shape index (κ2) is 7.42. The van der Waals surface area contributed by atoms with Crippen LogP contribution in [0.4, 0.5) is 0 Å². The molecule has 1 N–H and O–H groups in total. The number of ether oxygens (including phenoxy) is 1. The molecule has 90 valence electrons. The summed E-state index contributed by atoms with van der Waals surface area (Å²) in [6.45, 7) is 6.22. The summed E-state index contributed by atoms with van der Waals surface area (Å²) in [5.74, 6) is 0. The highest BCUT2D eigenvalue weighted by Crippen LogP contribution is 2.20. The largest absolute Gasteiger partial charge is 0.385 e. The molecule has 0 saturated carbocycles. The summed E-state index contributed by atoms with van der Waals surface area (Å²) in [4.78, 5) is 0. The molecule has 16 heavy (non-hydrogen) atoms. The van der Waals surface area contributed by atoms with Crippen molar-refractivity contribution in [3.63, 3.8) is 0 Å². The molecule has 0 aliphatic rings. The van der Waals surface area contributed by atoms with Crippen molar-refractivity contribution in [2.24, 2.45) is 0 Å². The Hall–Kier alpha value is -0.860. The van der Waals surface area contributed by atoms with Crippen LogP contribution in [0.3, 0.4) is 0 Å². The Morgan fingerprint density at radius 2 is 2.06 bits per heavy atom. The first-order chi connectivity index (χ1) is 7.79. The zero-order valence-electron chi connectivity index (χ0n) is 10.6. The van der Waals surface area contributed by atoms with Crippen molar-refractivity contribution >= 4 is 0 Å². The molecule has 0 fully saturated rings. The van der Waals surface area contributed by atoms with E-state index in [1.807, 2.05) is 0 Å². The van der Waals surface area contributed by atoms with Gasteiger partial charge in [-0.15, -0.1) is 0 Å². The van der Waals surface area contributed by atoms with Crippen LogP contribution in [-0.4, -0.2) is 20.3 Å². The van der Waals surface area contributed by atoms with Crippen LogP contribution in [0.15, 0.2) is 24.3 Å². The first-order valence-corrected chi connectivity index (χ1v) is 6.07. The lowest BCUT2D eigenvalue weighted by molar-refractivity contribution is 0.183. The van der Waals surface area contributed by atoms with Gasteiger partial charge in [0.15, 0.2) is 0 Å². The fourth-order valence-electron chi connectivity index (χ4n) is 1.90. The molecule has 2 heteroatoms. The number of nitrogens with one attached hydrogen (secondary N) is 1. The van der Waals surface area contributed by atoms with Gasteiger partial charge in [0.05, 0.1) is 0 Å². The van der Waals surface area contributed by atoms with Crippen molar-refractivity contribution in [3.8, 4) is 0 Å². The Morgan fingerprint density at radius 1 is 1.31 bits per heavy atom. The maximum Gasteiger partial charge on any atom is 0.0480 e. The van der Waals surface area contributed by atoms with Gasteiger partial charge >= 0.3 is 0 Å². The molecule has 0 aliphatic heterocycles. The predicted octanol–water partition coefficient (Wildman–Crippen LogP) is 3.07. The highest BCUT2D eigenvalue weighted by atomic mass is 16.5. The standard InChI is InChI=1S/C14H23NO/c1-4-10-15-14(9-11-16-3)13-8-6-5-7-12(13)2/h5-8,14-15H,4,9-11H2,1-3H3. The molecule has 0 aliphatic carbocycles. The van der Waals surface area contributed by atoms with Gasteiger partial charge in [0.2, 0.25) is 0 Å². The molecule has 0 saturated heterocycles. The average Bonchev–Trinajstić information content (AvgIpc) is 2.31. The zero-order chi connectivity index (χ0) is 11.8. The Kier molecular flexibility index (Phi) is 6.12. The number of aryl methyl sites for hydroxylation is 1. The number of hydrogen-bond donors (Lipinski definition) is 1. The molecular weight excluding hydrogens is 198 g/mol. The molecule has 0 aromatic heterocycles. The summed E-state index contributed by atoms with van der Waals surface area (Å²) in [6.07, 6.45) is 2.19. The van der Waals surface area contributed by atoms with E-state index in [4.69, 9.17) is 4.74 Å². The third-order valence-corrected chi connectivity index (χ3v) is 2.82. The van der Waals surface area contributed by atoms with Crippen LogP contribution in [0.5, 0.6) is 0 Å². The van der Waals surface area contributed by atoms with Crippen LogP contribution >= 0.6 is 0 Å². The lowest BCUT2D eigenvalue weighted by Crippen LogP contribution is -2.24. The average molecular weight is 221 g/mol. The summed E-state index contributed by atoms with van der Waals surface area (Å²) >= 11 is 0. The van der Waals surface area contributed by atoms with Crippen molar-refractivity contribution in [2.45, 2.75) is 32.7 Å². The Labute approximate surface area is 99.0 Å². The molecule has 0 radical (unpaired) electrons. The van der Waals surface area contributed by atoms with E-state index in [2.05, 4.69) is 43.4 Å². The zero-order valence-corrected chi connectivity index (χ0v) is 10.6. The molecule has 1 atom stereocenters. The quantitative estimate of drug-likeness (QED) is 0.764. The van der Waals surface area contributed by atoms with E-state index in [0.717, 1.165) is 26.0 Å². The van der Waals surface area contributed by atoms with Crippen LogP contribution in [0.2, 0.25) is 0 Å². The number of rotatable bonds is 7. The van der Waals surface area contributed by atoms with Gasteiger partial charge in [-0.05, 0) is 37.4 Å². The maximum absolute atomic E-state index is 5.17. The van der Waals surface area contributed by atoms with E-state index >= 15 is 0 Å². The van der Waals surface area contributed by atoms with E-state index in [1.165, 1.54) is 11.1 Å². The molecule has 2 nitrogen and oxygen atoms in total. The molecule has 1 rings (SSSR count). The van der Waals surface area contributed by atoms with Gasteiger partial charge in [0.1, 0.15) is 0 Å². The summed E-state index contributed by atoms with van der Waals surface area (Å²) in [6, 6.07) is 8.99. The van der Waals surface area contributed by atoms with Gasteiger partial charge in [-0.1, -0.05) is 31.2 Å². The molecular formula is C14H23NO. The minimum Gasteiger partial charge on any atom is -0.385 e. The van der Waals surface area contributed by atoms with Crippen LogP contribution in [0.1, 0.15) is 36.9 Å². The molecule has 1 aromatic carbocycles. The first-order valence-electron chi connectivity index (χ1n) is 6.07. The fourth-order valence-corrected chi connectivity index (χ4v) is 1.90. The number of methoxy groups -OCH3 is 1. The SMILES string of the molecule is CCCNC(CCOC)c1ccccc1C. The monoisotopic (exact) mass is 221 g/mol. The van der Waals surface area contributed by atoms with E-state index in [9.17, 15) is 0 Å². The van der Waals surface area contributed by atoms with E-state index in [-0.39, 0.29) is 0 Å².